The zero-order valence-corrected chi connectivity index (χ0v) is 11.7. The molecule has 0 bridgehead atoms. The molecule has 0 saturated carbocycles. The van der Waals surface area contributed by atoms with Crippen LogP contribution in [0.25, 0.3) is 0 Å². The van der Waals surface area contributed by atoms with E-state index in [2.05, 4.69) is 20.7 Å². The van der Waals surface area contributed by atoms with Crippen LogP contribution in [0.5, 0.6) is 0 Å². The van der Waals surface area contributed by atoms with Gasteiger partial charge in [0.05, 0.1) is 23.0 Å². The summed E-state index contributed by atoms with van der Waals surface area (Å²) in [5.74, 6) is 0. The summed E-state index contributed by atoms with van der Waals surface area (Å²) in [6.07, 6.45) is 0. The van der Waals surface area contributed by atoms with Gasteiger partial charge in [-0.2, -0.15) is 0 Å². The van der Waals surface area contributed by atoms with Crippen LogP contribution in [0.2, 0.25) is 0 Å². The van der Waals surface area contributed by atoms with Crippen molar-refractivity contribution in [1.82, 2.24) is 4.72 Å². The first kappa shape index (κ1) is 14.1. The van der Waals surface area contributed by atoms with E-state index in [0.717, 1.165) is 15.1 Å². The third-order valence-electron chi connectivity index (χ3n) is 1.72. The van der Waals surface area contributed by atoms with E-state index in [9.17, 15) is 8.42 Å². The van der Waals surface area contributed by atoms with Gasteiger partial charge >= 0.3 is 0 Å². The van der Waals surface area contributed by atoms with E-state index < -0.39 is 16.1 Å². The molecule has 1 atom stereocenters. The van der Waals surface area contributed by atoms with E-state index in [-0.39, 0.29) is 17.4 Å². The average Bonchev–Trinajstić information content (AvgIpc) is 2.64. The molecule has 0 radical (unpaired) electrons. The third-order valence-corrected chi connectivity index (χ3v) is 5.36. The van der Waals surface area contributed by atoms with E-state index in [4.69, 9.17) is 9.84 Å². The molecular formula is C8H12BrNO4S2. The summed E-state index contributed by atoms with van der Waals surface area (Å²) in [6, 6.07) is 2.53. The van der Waals surface area contributed by atoms with Crippen molar-refractivity contribution in [3.8, 4) is 0 Å². The number of aliphatic hydroxyl groups excluding tert-OH is 1. The molecule has 0 aliphatic heterocycles. The quantitative estimate of drug-likeness (QED) is 0.809. The topological polar surface area (TPSA) is 75.6 Å². The fourth-order valence-corrected chi connectivity index (χ4v) is 4.28. The summed E-state index contributed by atoms with van der Waals surface area (Å²) in [5.41, 5.74) is 0. The van der Waals surface area contributed by atoms with Gasteiger partial charge in [-0.25, -0.2) is 13.1 Å². The Morgan fingerprint density at radius 1 is 1.62 bits per heavy atom. The van der Waals surface area contributed by atoms with E-state index in [1.165, 1.54) is 13.2 Å². The second kappa shape index (κ2) is 6.08. The normalized spacial score (nSPS) is 13.9. The molecule has 1 aromatic rings. The van der Waals surface area contributed by atoms with Crippen LogP contribution in [0.4, 0.5) is 0 Å². The first-order valence-corrected chi connectivity index (χ1v) is 7.46. The van der Waals surface area contributed by atoms with Crippen LogP contribution in [0.3, 0.4) is 0 Å². The minimum Gasteiger partial charge on any atom is -0.395 e. The smallest absolute Gasteiger partial charge is 0.250 e. The molecule has 5 nitrogen and oxygen atoms in total. The lowest BCUT2D eigenvalue weighted by atomic mass is 10.4. The molecule has 1 heterocycles. The van der Waals surface area contributed by atoms with Crippen LogP contribution in [0, 0.1) is 0 Å². The Bertz CT molecular complexity index is 431. The first-order valence-electron chi connectivity index (χ1n) is 4.37. The summed E-state index contributed by atoms with van der Waals surface area (Å²) in [5, 5.41) is 8.96. The molecule has 1 rings (SSSR count). The summed E-state index contributed by atoms with van der Waals surface area (Å²) in [4.78, 5) is 0. The Morgan fingerprint density at radius 2 is 2.31 bits per heavy atom. The van der Waals surface area contributed by atoms with E-state index in [1.807, 2.05) is 0 Å². The Kier molecular flexibility index (Phi) is 5.35. The van der Waals surface area contributed by atoms with E-state index >= 15 is 0 Å². The number of halogens is 1. The Labute approximate surface area is 107 Å². The zero-order chi connectivity index (χ0) is 12.2. The number of thiophene rings is 1. The zero-order valence-electron chi connectivity index (χ0n) is 8.51. The van der Waals surface area contributed by atoms with Crippen LogP contribution in [-0.2, 0) is 14.8 Å². The molecule has 0 saturated heterocycles. The van der Waals surface area contributed by atoms with Gasteiger partial charge in [0.2, 0.25) is 10.0 Å². The van der Waals surface area contributed by atoms with Crippen molar-refractivity contribution in [1.29, 1.82) is 0 Å². The summed E-state index contributed by atoms with van der Waals surface area (Å²) < 4.78 is 31.7. The summed E-state index contributed by atoms with van der Waals surface area (Å²) in [6.45, 7) is -0.179. The Morgan fingerprint density at radius 3 is 2.75 bits per heavy atom. The number of aliphatic hydroxyl groups is 1. The molecule has 92 valence electrons. The van der Waals surface area contributed by atoms with Crippen LogP contribution in [0.1, 0.15) is 0 Å². The number of nitrogens with one attached hydrogen (secondary N) is 1. The van der Waals surface area contributed by atoms with Crippen LogP contribution >= 0.6 is 27.3 Å². The maximum Gasteiger partial charge on any atom is 0.250 e. The minimum absolute atomic E-state index is 0.127. The molecule has 0 amide bonds. The average molecular weight is 330 g/mol. The fourth-order valence-electron chi connectivity index (χ4n) is 1.04. The van der Waals surface area contributed by atoms with Gasteiger partial charge in [0.1, 0.15) is 4.21 Å². The molecule has 8 heteroatoms. The van der Waals surface area contributed by atoms with Gasteiger partial charge in [0.15, 0.2) is 0 Å². The highest BCUT2D eigenvalue weighted by molar-refractivity contribution is 9.11. The molecule has 16 heavy (non-hydrogen) atoms. The Hall–Kier alpha value is 0.01000. The third kappa shape index (κ3) is 3.79. The molecule has 1 unspecified atom stereocenters. The lowest BCUT2D eigenvalue weighted by molar-refractivity contribution is 0.139. The van der Waals surface area contributed by atoms with Gasteiger partial charge < -0.3 is 9.84 Å². The lowest BCUT2D eigenvalue weighted by Crippen LogP contribution is -2.40. The van der Waals surface area contributed by atoms with Crippen molar-refractivity contribution in [2.24, 2.45) is 0 Å². The highest BCUT2D eigenvalue weighted by Crippen LogP contribution is 2.25. The number of hydrogen-bond acceptors (Lipinski definition) is 5. The second-order valence-corrected chi connectivity index (χ2v) is 7.42. The second-order valence-electron chi connectivity index (χ2n) is 3.01. The standard InChI is InChI=1S/C8H12BrNO4S2/c1-14-5-6(4-11)10-16(12,13)8-3-2-7(9)15-8/h2-3,6,10-11H,4-5H2,1H3. The molecular weight excluding hydrogens is 318 g/mol. The molecule has 1 aromatic heterocycles. The highest BCUT2D eigenvalue weighted by Gasteiger charge is 2.21. The molecule has 0 aliphatic carbocycles. The van der Waals surface area contributed by atoms with Gasteiger partial charge in [-0.1, -0.05) is 0 Å². The Balaban J connectivity index is 2.78. The number of rotatable bonds is 6. The first-order chi connectivity index (χ1) is 7.49. The van der Waals surface area contributed by atoms with Gasteiger partial charge in [-0.15, -0.1) is 11.3 Å². The molecule has 0 spiro atoms. The largest absolute Gasteiger partial charge is 0.395 e. The van der Waals surface area contributed by atoms with Crippen molar-refractivity contribution >= 4 is 37.3 Å². The van der Waals surface area contributed by atoms with Crippen LogP contribution in [0.15, 0.2) is 20.1 Å². The number of ether oxygens (including phenoxy) is 1. The lowest BCUT2D eigenvalue weighted by Gasteiger charge is -2.14. The number of methoxy groups -OCH3 is 1. The van der Waals surface area contributed by atoms with Gasteiger partial charge in [-0.3, -0.25) is 0 Å². The predicted molar refractivity (Wildman–Crippen MR) is 65.1 cm³/mol. The van der Waals surface area contributed by atoms with Gasteiger partial charge in [-0.05, 0) is 28.1 Å². The highest BCUT2D eigenvalue weighted by atomic mass is 79.9. The van der Waals surface area contributed by atoms with E-state index in [1.54, 1.807) is 6.07 Å². The molecule has 0 fully saturated rings. The van der Waals surface area contributed by atoms with Crippen molar-refractivity contribution in [3.63, 3.8) is 0 Å². The van der Waals surface area contributed by atoms with Crippen LogP contribution in [-0.4, -0.2) is 39.9 Å². The maximum atomic E-state index is 11.8. The minimum atomic E-state index is -3.57. The summed E-state index contributed by atoms with van der Waals surface area (Å²) in [7, 11) is -2.13. The number of sulfonamides is 1. The monoisotopic (exact) mass is 329 g/mol. The molecule has 0 aliphatic rings. The number of hydrogen-bond donors (Lipinski definition) is 2. The maximum absolute atomic E-state index is 11.8. The van der Waals surface area contributed by atoms with Crippen molar-refractivity contribution in [2.75, 3.05) is 20.3 Å². The van der Waals surface area contributed by atoms with Crippen LogP contribution < -0.4 is 4.72 Å². The molecule has 0 aromatic carbocycles. The SMILES string of the molecule is COCC(CO)NS(=O)(=O)c1ccc(Br)s1. The van der Waals surface area contributed by atoms with Crippen molar-refractivity contribution in [2.45, 2.75) is 10.3 Å². The van der Waals surface area contributed by atoms with Crippen molar-refractivity contribution < 1.29 is 18.3 Å². The fraction of sp³-hybridized carbons (Fsp3) is 0.500. The van der Waals surface area contributed by atoms with Gasteiger partial charge in [0.25, 0.3) is 0 Å². The van der Waals surface area contributed by atoms with E-state index in [0.29, 0.717) is 0 Å². The van der Waals surface area contributed by atoms with Crippen molar-refractivity contribution in [3.05, 3.63) is 15.9 Å². The molecule has 2 N–H and O–H groups in total. The predicted octanol–water partition coefficient (Wildman–Crippen LogP) is 0.796. The van der Waals surface area contributed by atoms with Gasteiger partial charge in [0, 0.05) is 7.11 Å². The summed E-state index contributed by atoms with van der Waals surface area (Å²) >= 11 is 4.30.